The first-order chi connectivity index (χ1) is 8.16. The molecule has 0 amide bonds. The molecule has 0 fully saturated rings. The Bertz CT molecular complexity index is 154. The third kappa shape index (κ3) is 13.8. The van der Waals surface area contributed by atoms with E-state index in [1.54, 1.807) is 0 Å². The van der Waals surface area contributed by atoms with Gasteiger partial charge in [-0.1, -0.05) is 0 Å². The number of ether oxygens (including phenoxy) is 1. The van der Waals surface area contributed by atoms with Crippen LogP contribution >= 0.6 is 0 Å². The highest BCUT2D eigenvalue weighted by Gasteiger charge is 1.98. The second-order valence-corrected chi connectivity index (χ2v) is 4.76. The highest BCUT2D eigenvalue weighted by molar-refractivity contribution is 4.57. The van der Waals surface area contributed by atoms with Gasteiger partial charge in [0.15, 0.2) is 0 Å². The quantitative estimate of drug-likeness (QED) is 0.517. The summed E-state index contributed by atoms with van der Waals surface area (Å²) in [6.07, 6.45) is 2.37. The predicted octanol–water partition coefficient (Wildman–Crippen LogP) is 0.886. The molecule has 0 aliphatic rings. The maximum absolute atomic E-state index is 5.29. The van der Waals surface area contributed by atoms with Crippen molar-refractivity contribution in [1.82, 2.24) is 15.1 Å². The van der Waals surface area contributed by atoms with Gasteiger partial charge in [0, 0.05) is 39.4 Å². The monoisotopic (exact) mass is 245 g/mol. The van der Waals surface area contributed by atoms with Crippen molar-refractivity contribution >= 4 is 0 Å². The predicted molar refractivity (Wildman–Crippen MR) is 74.6 cm³/mol. The molecule has 104 valence electrons. The van der Waals surface area contributed by atoms with Gasteiger partial charge in [0.25, 0.3) is 0 Å². The molecular weight excluding hydrogens is 214 g/mol. The summed E-state index contributed by atoms with van der Waals surface area (Å²) < 4.78 is 5.29. The van der Waals surface area contributed by atoms with Gasteiger partial charge in [-0.2, -0.15) is 0 Å². The number of hydrogen-bond acceptors (Lipinski definition) is 4. The Kier molecular flexibility index (Phi) is 12.2. The fourth-order valence-corrected chi connectivity index (χ4v) is 1.48. The van der Waals surface area contributed by atoms with Crippen LogP contribution in [0.2, 0.25) is 0 Å². The van der Waals surface area contributed by atoms with Gasteiger partial charge in [0.1, 0.15) is 0 Å². The first kappa shape index (κ1) is 16.8. The Hall–Kier alpha value is -0.160. The van der Waals surface area contributed by atoms with Crippen LogP contribution in [0.15, 0.2) is 0 Å². The zero-order chi connectivity index (χ0) is 12.9. The molecule has 0 aliphatic heterocycles. The van der Waals surface area contributed by atoms with Crippen molar-refractivity contribution in [3.63, 3.8) is 0 Å². The molecule has 17 heavy (non-hydrogen) atoms. The molecule has 0 rings (SSSR count). The van der Waals surface area contributed by atoms with Crippen molar-refractivity contribution in [2.45, 2.75) is 19.8 Å². The number of hydrogen-bond donors (Lipinski definition) is 1. The number of nitrogens with zero attached hydrogens (tertiary/aromatic N) is 2. The lowest BCUT2D eigenvalue weighted by atomic mass is 10.3. The van der Waals surface area contributed by atoms with Crippen LogP contribution in [0.3, 0.4) is 0 Å². The zero-order valence-corrected chi connectivity index (χ0v) is 12.2. The summed E-state index contributed by atoms with van der Waals surface area (Å²) in [5, 5.41) is 3.47. The molecule has 0 spiro atoms. The van der Waals surface area contributed by atoms with E-state index in [1.807, 2.05) is 6.92 Å². The Morgan fingerprint density at radius 1 is 0.941 bits per heavy atom. The molecule has 0 aliphatic carbocycles. The van der Waals surface area contributed by atoms with Crippen molar-refractivity contribution in [1.29, 1.82) is 0 Å². The van der Waals surface area contributed by atoms with Gasteiger partial charge in [0.05, 0.1) is 0 Å². The molecule has 0 aromatic carbocycles. The topological polar surface area (TPSA) is 27.7 Å². The largest absolute Gasteiger partial charge is 0.382 e. The van der Waals surface area contributed by atoms with E-state index >= 15 is 0 Å². The SMILES string of the molecule is CCOCCCCNCCN(C)CCN(C)C. The molecule has 4 heteroatoms. The first-order valence-corrected chi connectivity index (χ1v) is 6.78. The molecule has 0 unspecified atom stereocenters. The summed E-state index contributed by atoms with van der Waals surface area (Å²) in [7, 11) is 6.41. The van der Waals surface area contributed by atoms with E-state index in [0.717, 1.165) is 52.4 Å². The molecule has 4 nitrogen and oxygen atoms in total. The van der Waals surface area contributed by atoms with Gasteiger partial charge in [-0.05, 0) is 47.5 Å². The zero-order valence-electron chi connectivity index (χ0n) is 12.2. The highest BCUT2D eigenvalue weighted by Crippen LogP contribution is 1.88. The Balaban J connectivity index is 3.11. The first-order valence-electron chi connectivity index (χ1n) is 6.78. The average molecular weight is 245 g/mol. The molecule has 0 atom stereocenters. The summed E-state index contributed by atoms with van der Waals surface area (Å²) in [4.78, 5) is 4.59. The second kappa shape index (κ2) is 12.3. The molecule has 0 saturated heterocycles. The Morgan fingerprint density at radius 3 is 2.35 bits per heavy atom. The molecule has 0 radical (unpaired) electrons. The minimum Gasteiger partial charge on any atom is -0.382 e. The molecule has 1 N–H and O–H groups in total. The lowest BCUT2D eigenvalue weighted by Crippen LogP contribution is -2.34. The summed E-state index contributed by atoms with van der Waals surface area (Å²) >= 11 is 0. The summed E-state index contributed by atoms with van der Waals surface area (Å²) in [5.41, 5.74) is 0. The fourth-order valence-electron chi connectivity index (χ4n) is 1.48. The van der Waals surface area contributed by atoms with Gasteiger partial charge in [-0.25, -0.2) is 0 Å². The Labute approximate surface area is 107 Å². The van der Waals surface area contributed by atoms with E-state index in [-0.39, 0.29) is 0 Å². The average Bonchev–Trinajstić information content (AvgIpc) is 2.30. The smallest absolute Gasteiger partial charge is 0.0466 e. The molecule has 0 aromatic heterocycles. The molecule has 0 bridgehead atoms. The van der Waals surface area contributed by atoms with E-state index in [1.165, 1.54) is 6.42 Å². The summed E-state index contributed by atoms with van der Waals surface area (Å²) in [5.74, 6) is 0. The van der Waals surface area contributed by atoms with Crippen molar-refractivity contribution < 1.29 is 4.74 Å². The lowest BCUT2D eigenvalue weighted by Gasteiger charge is -2.19. The number of nitrogens with one attached hydrogen (secondary N) is 1. The number of unbranched alkanes of at least 4 members (excludes halogenated alkanes) is 1. The van der Waals surface area contributed by atoms with Crippen LogP contribution in [-0.2, 0) is 4.74 Å². The fraction of sp³-hybridized carbons (Fsp3) is 1.00. The lowest BCUT2D eigenvalue weighted by molar-refractivity contribution is 0.143. The van der Waals surface area contributed by atoms with E-state index in [0.29, 0.717) is 0 Å². The van der Waals surface area contributed by atoms with Crippen LogP contribution in [0.1, 0.15) is 19.8 Å². The molecule has 0 heterocycles. The third-order valence-corrected chi connectivity index (χ3v) is 2.70. The van der Waals surface area contributed by atoms with Crippen molar-refractivity contribution in [2.24, 2.45) is 0 Å². The van der Waals surface area contributed by atoms with Crippen LogP contribution in [0, 0.1) is 0 Å². The maximum atomic E-state index is 5.29. The maximum Gasteiger partial charge on any atom is 0.0466 e. The second-order valence-electron chi connectivity index (χ2n) is 4.76. The number of rotatable bonds is 12. The van der Waals surface area contributed by atoms with E-state index < -0.39 is 0 Å². The van der Waals surface area contributed by atoms with Crippen LogP contribution in [-0.4, -0.2) is 76.9 Å². The van der Waals surface area contributed by atoms with Crippen molar-refractivity contribution in [3.05, 3.63) is 0 Å². The summed E-state index contributed by atoms with van der Waals surface area (Å²) in [6.45, 7) is 9.36. The summed E-state index contributed by atoms with van der Waals surface area (Å²) in [6, 6.07) is 0. The normalized spacial score (nSPS) is 11.6. The van der Waals surface area contributed by atoms with Crippen LogP contribution in [0.25, 0.3) is 0 Å². The van der Waals surface area contributed by atoms with Crippen molar-refractivity contribution in [3.8, 4) is 0 Å². The van der Waals surface area contributed by atoms with Crippen molar-refractivity contribution in [2.75, 3.05) is 67.1 Å². The number of likely N-dealkylation sites (N-methyl/N-ethyl adjacent to an activating group) is 2. The van der Waals surface area contributed by atoms with Gasteiger partial charge in [-0.15, -0.1) is 0 Å². The van der Waals surface area contributed by atoms with E-state index in [9.17, 15) is 0 Å². The standard InChI is InChI=1S/C13H31N3O/c1-5-17-13-7-6-8-14-9-10-16(4)12-11-15(2)3/h14H,5-13H2,1-4H3. The van der Waals surface area contributed by atoms with E-state index in [4.69, 9.17) is 4.74 Å². The van der Waals surface area contributed by atoms with Gasteiger partial charge in [0.2, 0.25) is 0 Å². The van der Waals surface area contributed by atoms with Crippen LogP contribution in [0.5, 0.6) is 0 Å². The van der Waals surface area contributed by atoms with Crippen LogP contribution < -0.4 is 5.32 Å². The Morgan fingerprint density at radius 2 is 1.71 bits per heavy atom. The minimum atomic E-state index is 0.837. The minimum absolute atomic E-state index is 0.837. The van der Waals surface area contributed by atoms with E-state index in [2.05, 4.69) is 36.3 Å². The van der Waals surface area contributed by atoms with Gasteiger partial charge in [-0.3, -0.25) is 0 Å². The molecule has 0 aromatic rings. The van der Waals surface area contributed by atoms with Gasteiger partial charge < -0.3 is 19.9 Å². The van der Waals surface area contributed by atoms with Gasteiger partial charge >= 0.3 is 0 Å². The molecular formula is C13H31N3O. The molecule has 0 saturated carbocycles. The van der Waals surface area contributed by atoms with Crippen LogP contribution in [0.4, 0.5) is 0 Å². The third-order valence-electron chi connectivity index (χ3n) is 2.70. The highest BCUT2D eigenvalue weighted by atomic mass is 16.5.